The van der Waals surface area contributed by atoms with Crippen LogP contribution in [0.2, 0.25) is 0 Å². The number of H-pyrrole nitrogens is 1. The minimum atomic E-state index is 0.527. The van der Waals surface area contributed by atoms with E-state index < -0.39 is 0 Å². The number of benzene rings is 1. The molecule has 4 nitrogen and oxygen atoms in total. The molecule has 0 spiro atoms. The van der Waals surface area contributed by atoms with Crippen molar-refractivity contribution >= 4 is 23.9 Å². The Hall–Kier alpha value is -1.62. The number of nitrogens with zero attached hydrogens (tertiary/aromatic N) is 3. The zero-order valence-electron chi connectivity index (χ0n) is 10.6. The first-order valence-corrected chi connectivity index (χ1v) is 6.55. The van der Waals surface area contributed by atoms with Crippen LogP contribution in [-0.4, -0.2) is 21.8 Å². The highest BCUT2D eigenvalue weighted by Crippen LogP contribution is 2.38. The third-order valence-electron chi connectivity index (χ3n) is 3.32. The standard InChI is InChI=1S/C13H16N4S/c1-9-3-5-10(6-4-9)16(2)12-14-15-13(18)17(12)11-7-8-11/h3-6,11H,7-8H2,1-2H3,(H,15,18). The number of nitrogens with one attached hydrogen (secondary N) is 1. The quantitative estimate of drug-likeness (QED) is 0.860. The van der Waals surface area contributed by atoms with Crippen LogP contribution in [0.5, 0.6) is 0 Å². The van der Waals surface area contributed by atoms with Crippen molar-refractivity contribution in [3.63, 3.8) is 0 Å². The normalized spacial score (nSPS) is 14.8. The van der Waals surface area contributed by atoms with Crippen LogP contribution in [0.25, 0.3) is 0 Å². The molecule has 1 aliphatic carbocycles. The molecule has 94 valence electrons. The highest BCUT2D eigenvalue weighted by molar-refractivity contribution is 7.71. The molecule has 1 aromatic carbocycles. The summed E-state index contributed by atoms with van der Waals surface area (Å²) in [5, 5.41) is 7.24. The third-order valence-corrected chi connectivity index (χ3v) is 3.61. The second kappa shape index (κ2) is 4.24. The molecule has 0 atom stereocenters. The minimum absolute atomic E-state index is 0.527. The largest absolute Gasteiger partial charge is 0.314 e. The molecule has 0 unspecified atom stereocenters. The van der Waals surface area contributed by atoms with Gasteiger partial charge < -0.3 is 4.90 Å². The number of aromatic amines is 1. The number of hydrogen-bond donors (Lipinski definition) is 1. The summed E-state index contributed by atoms with van der Waals surface area (Å²) in [7, 11) is 2.02. The van der Waals surface area contributed by atoms with Gasteiger partial charge in [-0.15, -0.1) is 5.10 Å². The fourth-order valence-corrected chi connectivity index (χ4v) is 2.36. The van der Waals surface area contributed by atoms with E-state index in [4.69, 9.17) is 12.2 Å². The van der Waals surface area contributed by atoms with Gasteiger partial charge in [-0.25, -0.2) is 5.10 Å². The molecule has 1 saturated carbocycles. The van der Waals surface area contributed by atoms with Crippen molar-refractivity contribution in [3.05, 3.63) is 34.6 Å². The number of aryl methyl sites for hydroxylation is 1. The van der Waals surface area contributed by atoms with Gasteiger partial charge in [0.25, 0.3) is 0 Å². The summed E-state index contributed by atoms with van der Waals surface area (Å²) in [4.78, 5) is 2.07. The van der Waals surface area contributed by atoms with Crippen LogP contribution < -0.4 is 4.90 Å². The van der Waals surface area contributed by atoms with E-state index in [0.717, 1.165) is 11.6 Å². The Labute approximate surface area is 111 Å². The van der Waals surface area contributed by atoms with Crippen molar-refractivity contribution in [2.24, 2.45) is 0 Å². The molecule has 0 saturated heterocycles. The first-order valence-electron chi connectivity index (χ1n) is 6.14. The monoisotopic (exact) mass is 260 g/mol. The van der Waals surface area contributed by atoms with E-state index in [1.165, 1.54) is 18.4 Å². The van der Waals surface area contributed by atoms with Crippen LogP contribution in [0, 0.1) is 11.7 Å². The number of aromatic nitrogens is 3. The Morgan fingerprint density at radius 1 is 1.33 bits per heavy atom. The van der Waals surface area contributed by atoms with Crippen molar-refractivity contribution in [2.75, 3.05) is 11.9 Å². The van der Waals surface area contributed by atoms with E-state index in [0.29, 0.717) is 10.8 Å². The SMILES string of the molecule is Cc1ccc(N(C)c2n[nH]c(=S)n2C2CC2)cc1. The Morgan fingerprint density at radius 2 is 2.00 bits per heavy atom. The molecule has 0 aliphatic heterocycles. The Morgan fingerprint density at radius 3 is 2.61 bits per heavy atom. The van der Waals surface area contributed by atoms with E-state index in [1.54, 1.807) is 0 Å². The molecule has 1 fully saturated rings. The summed E-state index contributed by atoms with van der Waals surface area (Å²) in [5.41, 5.74) is 2.38. The maximum Gasteiger partial charge on any atom is 0.230 e. The second-order valence-corrected chi connectivity index (χ2v) is 5.21. The highest BCUT2D eigenvalue weighted by Gasteiger charge is 2.28. The molecule has 1 heterocycles. The molecule has 18 heavy (non-hydrogen) atoms. The fraction of sp³-hybridized carbons (Fsp3) is 0.385. The zero-order chi connectivity index (χ0) is 12.7. The van der Waals surface area contributed by atoms with Crippen molar-refractivity contribution in [2.45, 2.75) is 25.8 Å². The second-order valence-electron chi connectivity index (χ2n) is 4.82. The van der Waals surface area contributed by atoms with Gasteiger partial charge in [0.1, 0.15) is 0 Å². The third kappa shape index (κ3) is 1.95. The van der Waals surface area contributed by atoms with Gasteiger partial charge in [-0.05, 0) is 44.1 Å². The smallest absolute Gasteiger partial charge is 0.230 e. The predicted molar refractivity (Wildman–Crippen MR) is 74.9 cm³/mol. The lowest BCUT2D eigenvalue weighted by Crippen LogP contribution is -2.15. The minimum Gasteiger partial charge on any atom is -0.314 e. The van der Waals surface area contributed by atoms with Gasteiger partial charge in [-0.3, -0.25) is 4.57 Å². The van der Waals surface area contributed by atoms with Gasteiger partial charge in [-0.2, -0.15) is 0 Å². The van der Waals surface area contributed by atoms with Crippen molar-refractivity contribution in [3.8, 4) is 0 Å². The van der Waals surface area contributed by atoms with Crippen molar-refractivity contribution in [1.82, 2.24) is 14.8 Å². The summed E-state index contributed by atoms with van der Waals surface area (Å²) >= 11 is 5.30. The average molecular weight is 260 g/mol. The fourth-order valence-electron chi connectivity index (χ4n) is 2.08. The van der Waals surface area contributed by atoms with Crippen molar-refractivity contribution in [1.29, 1.82) is 0 Å². The molecule has 3 rings (SSSR count). The highest BCUT2D eigenvalue weighted by atomic mass is 32.1. The number of hydrogen-bond acceptors (Lipinski definition) is 3. The van der Waals surface area contributed by atoms with Gasteiger partial charge >= 0.3 is 0 Å². The molecule has 2 aromatic rings. The van der Waals surface area contributed by atoms with E-state index in [9.17, 15) is 0 Å². The van der Waals surface area contributed by atoms with Crippen molar-refractivity contribution < 1.29 is 0 Å². The lowest BCUT2D eigenvalue weighted by Gasteiger charge is -2.19. The van der Waals surface area contributed by atoms with Crippen LogP contribution >= 0.6 is 12.2 Å². The summed E-state index contributed by atoms with van der Waals surface area (Å²) in [6.45, 7) is 2.09. The number of anilines is 2. The van der Waals surface area contributed by atoms with Crippen LogP contribution in [0.3, 0.4) is 0 Å². The van der Waals surface area contributed by atoms with Crippen LogP contribution in [0.4, 0.5) is 11.6 Å². The summed E-state index contributed by atoms with van der Waals surface area (Å²) < 4.78 is 2.83. The molecule has 0 radical (unpaired) electrons. The Bertz CT molecular complexity index is 607. The molecule has 0 bridgehead atoms. The van der Waals surface area contributed by atoms with Crippen LogP contribution in [0.15, 0.2) is 24.3 Å². The lowest BCUT2D eigenvalue weighted by atomic mass is 10.2. The maximum atomic E-state index is 5.30. The topological polar surface area (TPSA) is 36.9 Å². The summed E-state index contributed by atoms with van der Waals surface area (Å²) in [6, 6.07) is 8.94. The van der Waals surface area contributed by atoms with Crippen LogP contribution in [0.1, 0.15) is 24.4 Å². The van der Waals surface area contributed by atoms with Gasteiger partial charge in [0.2, 0.25) is 5.95 Å². The zero-order valence-corrected chi connectivity index (χ0v) is 11.4. The Balaban J connectivity index is 1.99. The van der Waals surface area contributed by atoms with E-state index in [2.05, 4.69) is 50.9 Å². The van der Waals surface area contributed by atoms with E-state index in [1.807, 2.05) is 7.05 Å². The summed E-state index contributed by atoms with van der Waals surface area (Å²) in [5.74, 6) is 0.895. The molecule has 1 N–H and O–H groups in total. The van der Waals surface area contributed by atoms with Gasteiger partial charge in [0, 0.05) is 18.8 Å². The molecule has 5 heteroatoms. The first-order chi connectivity index (χ1) is 8.66. The predicted octanol–water partition coefficient (Wildman–Crippen LogP) is 3.35. The molecule has 1 aliphatic rings. The van der Waals surface area contributed by atoms with Gasteiger partial charge in [0.05, 0.1) is 0 Å². The van der Waals surface area contributed by atoms with E-state index in [-0.39, 0.29) is 0 Å². The molecule has 0 amide bonds. The molecule has 1 aromatic heterocycles. The molecular formula is C13H16N4S. The first kappa shape index (κ1) is 11.5. The van der Waals surface area contributed by atoms with Gasteiger partial charge in [0.15, 0.2) is 4.77 Å². The molecular weight excluding hydrogens is 244 g/mol. The average Bonchev–Trinajstić information content (AvgIpc) is 3.13. The summed E-state index contributed by atoms with van der Waals surface area (Å²) in [6.07, 6.45) is 2.39. The Kier molecular flexibility index (Phi) is 2.70. The van der Waals surface area contributed by atoms with Crippen LogP contribution in [-0.2, 0) is 0 Å². The maximum absolute atomic E-state index is 5.30. The van der Waals surface area contributed by atoms with Gasteiger partial charge in [-0.1, -0.05) is 17.7 Å². The van der Waals surface area contributed by atoms with E-state index >= 15 is 0 Å². The number of rotatable bonds is 3. The lowest BCUT2D eigenvalue weighted by molar-refractivity contribution is 0.722.